The van der Waals surface area contributed by atoms with Crippen LogP contribution in [0.4, 0.5) is 0 Å². The number of amides is 1. The van der Waals surface area contributed by atoms with Crippen molar-refractivity contribution in [1.29, 1.82) is 0 Å². The predicted molar refractivity (Wildman–Crippen MR) is 126 cm³/mol. The summed E-state index contributed by atoms with van der Waals surface area (Å²) in [6.45, 7) is 3.39. The van der Waals surface area contributed by atoms with E-state index in [0.29, 0.717) is 12.2 Å². The summed E-state index contributed by atoms with van der Waals surface area (Å²) in [4.78, 5) is 17.1. The first-order valence-corrected chi connectivity index (χ1v) is 11.2. The van der Waals surface area contributed by atoms with Gasteiger partial charge in [0, 0.05) is 31.4 Å². The minimum absolute atomic E-state index is 0.181. The van der Waals surface area contributed by atoms with Crippen LogP contribution in [-0.4, -0.2) is 63.2 Å². The Bertz CT molecular complexity index is 1040. The van der Waals surface area contributed by atoms with E-state index in [4.69, 9.17) is 13.9 Å². The lowest BCUT2D eigenvalue weighted by Gasteiger charge is -2.22. The monoisotopic (exact) mass is 436 g/mol. The molecule has 1 aliphatic heterocycles. The van der Waals surface area contributed by atoms with Gasteiger partial charge in [-0.15, -0.1) is 0 Å². The van der Waals surface area contributed by atoms with Gasteiger partial charge in [0.15, 0.2) is 11.5 Å². The number of furan rings is 1. The second-order valence-corrected chi connectivity index (χ2v) is 8.44. The number of fused-ring (bicyclic) bond motifs is 2. The Hall–Kier alpha value is -2.99. The van der Waals surface area contributed by atoms with Gasteiger partial charge in [0.2, 0.25) is 5.91 Å². The number of para-hydroxylation sites is 1. The number of methoxy groups -OCH3 is 2. The smallest absolute Gasteiger partial charge is 0.227 e. The van der Waals surface area contributed by atoms with Crippen molar-refractivity contribution in [3.8, 4) is 11.5 Å². The Morgan fingerprint density at radius 1 is 1.03 bits per heavy atom. The summed E-state index contributed by atoms with van der Waals surface area (Å²) in [5.41, 5.74) is 3.15. The van der Waals surface area contributed by atoms with Crippen LogP contribution in [-0.2, 0) is 24.1 Å². The zero-order valence-corrected chi connectivity index (χ0v) is 19.2. The van der Waals surface area contributed by atoms with Crippen LogP contribution in [0.15, 0.2) is 46.9 Å². The Kier molecular flexibility index (Phi) is 7.00. The maximum atomic E-state index is 12.8. The van der Waals surface area contributed by atoms with Crippen LogP contribution in [0.3, 0.4) is 0 Å². The highest BCUT2D eigenvalue weighted by atomic mass is 16.5. The average Bonchev–Trinajstić information content (AvgIpc) is 3.16. The van der Waals surface area contributed by atoms with Gasteiger partial charge in [0.1, 0.15) is 11.3 Å². The number of carbonyl (C=O) groups is 1. The van der Waals surface area contributed by atoms with Gasteiger partial charge in [-0.2, -0.15) is 0 Å². The zero-order chi connectivity index (χ0) is 22.5. The summed E-state index contributed by atoms with van der Waals surface area (Å²) in [6.07, 6.45) is 3.08. The zero-order valence-electron chi connectivity index (χ0n) is 19.2. The molecule has 0 aliphatic carbocycles. The molecule has 3 aromatic rings. The van der Waals surface area contributed by atoms with E-state index in [1.807, 2.05) is 35.2 Å². The molecule has 0 N–H and O–H groups in total. The fourth-order valence-corrected chi connectivity index (χ4v) is 4.36. The van der Waals surface area contributed by atoms with Gasteiger partial charge in [0.25, 0.3) is 0 Å². The Balaban J connectivity index is 1.26. The molecule has 170 valence electrons. The van der Waals surface area contributed by atoms with E-state index in [0.717, 1.165) is 73.5 Å². The molecule has 2 heterocycles. The number of ether oxygens (including phenoxy) is 2. The van der Waals surface area contributed by atoms with Crippen molar-refractivity contribution in [2.24, 2.45) is 0 Å². The number of likely N-dealkylation sites (N-methyl/N-ethyl adjacent to an activating group) is 1. The molecule has 0 atom stereocenters. The lowest BCUT2D eigenvalue weighted by Crippen LogP contribution is -2.35. The highest BCUT2D eigenvalue weighted by Crippen LogP contribution is 2.32. The van der Waals surface area contributed by atoms with Gasteiger partial charge < -0.3 is 23.7 Å². The van der Waals surface area contributed by atoms with Gasteiger partial charge >= 0.3 is 0 Å². The van der Waals surface area contributed by atoms with Crippen molar-refractivity contribution in [2.75, 3.05) is 47.4 Å². The molecule has 6 heteroatoms. The molecule has 0 unspecified atom stereocenters. The predicted octanol–water partition coefficient (Wildman–Crippen LogP) is 3.94. The molecule has 2 aromatic carbocycles. The van der Waals surface area contributed by atoms with Crippen LogP contribution in [0.2, 0.25) is 0 Å². The van der Waals surface area contributed by atoms with Gasteiger partial charge in [-0.25, -0.2) is 0 Å². The van der Waals surface area contributed by atoms with E-state index in [-0.39, 0.29) is 5.91 Å². The molecule has 1 amide bonds. The van der Waals surface area contributed by atoms with Crippen molar-refractivity contribution in [3.05, 3.63) is 59.4 Å². The number of hydrogen-bond donors (Lipinski definition) is 0. The van der Waals surface area contributed by atoms with Crippen molar-refractivity contribution < 1.29 is 18.7 Å². The Morgan fingerprint density at radius 2 is 1.78 bits per heavy atom. The standard InChI is InChI=1S/C26H32N2O4/c1-27(13-10-22-15-20-7-4-5-8-23(20)32-22)11-6-12-28-14-9-19-16-24(30-2)25(31-3)17-21(19)18-26(28)29/h4-5,7-8,15-17H,6,9-14,18H2,1-3H3. The fourth-order valence-electron chi connectivity index (χ4n) is 4.36. The van der Waals surface area contributed by atoms with E-state index in [2.05, 4.69) is 24.1 Å². The molecule has 0 radical (unpaired) electrons. The first-order valence-electron chi connectivity index (χ1n) is 11.2. The molecule has 0 spiro atoms. The molecule has 4 rings (SSSR count). The summed E-state index contributed by atoms with van der Waals surface area (Å²) in [5, 5.41) is 1.15. The van der Waals surface area contributed by atoms with Gasteiger partial charge in [-0.3, -0.25) is 4.79 Å². The first kappa shape index (κ1) is 22.2. The number of hydrogen-bond acceptors (Lipinski definition) is 5. The highest BCUT2D eigenvalue weighted by Gasteiger charge is 2.22. The molecule has 1 aliphatic rings. The largest absolute Gasteiger partial charge is 0.493 e. The third kappa shape index (κ3) is 5.07. The van der Waals surface area contributed by atoms with Crippen LogP contribution in [0, 0.1) is 0 Å². The summed E-state index contributed by atoms with van der Waals surface area (Å²) < 4.78 is 16.7. The maximum absolute atomic E-state index is 12.8. The minimum atomic E-state index is 0.181. The normalized spacial score (nSPS) is 14.0. The molecule has 0 saturated heterocycles. The summed E-state index contributed by atoms with van der Waals surface area (Å²) in [7, 11) is 5.39. The van der Waals surface area contributed by atoms with Crippen LogP contribution < -0.4 is 9.47 Å². The minimum Gasteiger partial charge on any atom is -0.493 e. The molecule has 6 nitrogen and oxygen atoms in total. The summed E-state index contributed by atoms with van der Waals surface area (Å²) in [5.74, 6) is 2.60. The molecule has 1 aromatic heterocycles. The van der Waals surface area contributed by atoms with E-state index in [1.54, 1.807) is 14.2 Å². The molecular weight excluding hydrogens is 404 g/mol. The summed E-state index contributed by atoms with van der Waals surface area (Å²) in [6, 6.07) is 14.2. The van der Waals surface area contributed by atoms with E-state index < -0.39 is 0 Å². The van der Waals surface area contributed by atoms with Gasteiger partial charge in [-0.05, 0) is 61.8 Å². The van der Waals surface area contributed by atoms with Crippen molar-refractivity contribution in [1.82, 2.24) is 9.80 Å². The molecule has 0 saturated carbocycles. The van der Waals surface area contributed by atoms with Crippen molar-refractivity contribution in [3.63, 3.8) is 0 Å². The number of carbonyl (C=O) groups excluding carboxylic acids is 1. The van der Waals surface area contributed by atoms with Crippen molar-refractivity contribution in [2.45, 2.75) is 25.7 Å². The Labute approximate surface area is 189 Å². The SMILES string of the molecule is COc1cc2c(cc1OC)CC(=O)N(CCCN(C)CCc1cc3ccccc3o1)CC2. The molecule has 0 bridgehead atoms. The van der Waals surface area contributed by atoms with Crippen LogP contribution in [0.5, 0.6) is 11.5 Å². The fraction of sp³-hybridized carbons (Fsp3) is 0.423. The highest BCUT2D eigenvalue weighted by molar-refractivity contribution is 5.80. The third-order valence-electron chi connectivity index (χ3n) is 6.24. The van der Waals surface area contributed by atoms with Crippen molar-refractivity contribution >= 4 is 16.9 Å². The van der Waals surface area contributed by atoms with E-state index >= 15 is 0 Å². The number of benzene rings is 2. The van der Waals surface area contributed by atoms with E-state index in [9.17, 15) is 4.79 Å². The lowest BCUT2D eigenvalue weighted by atomic mass is 10.0. The maximum Gasteiger partial charge on any atom is 0.227 e. The molecule has 0 fully saturated rings. The van der Waals surface area contributed by atoms with Gasteiger partial charge in [-0.1, -0.05) is 18.2 Å². The van der Waals surface area contributed by atoms with Crippen LogP contribution in [0.25, 0.3) is 11.0 Å². The number of rotatable bonds is 9. The lowest BCUT2D eigenvalue weighted by molar-refractivity contribution is -0.130. The van der Waals surface area contributed by atoms with E-state index in [1.165, 1.54) is 5.56 Å². The number of nitrogens with zero attached hydrogens (tertiary/aromatic N) is 2. The third-order valence-corrected chi connectivity index (χ3v) is 6.24. The van der Waals surface area contributed by atoms with Gasteiger partial charge in [0.05, 0.1) is 20.6 Å². The first-order chi connectivity index (χ1) is 15.6. The van der Waals surface area contributed by atoms with Crippen LogP contribution in [0.1, 0.15) is 23.3 Å². The van der Waals surface area contributed by atoms with Crippen LogP contribution >= 0.6 is 0 Å². The second-order valence-electron chi connectivity index (χ2n) is 8.44. The Morgan fingerprint density at radius 3 is 2.53 bits per heavy atom. The molecular formula is C26H32N2O4. The topological polar surface area (TPSA) is 55.2 Å². The summed E-state index contributed by atoms with van der Waals surface area (Å²) >= 11 is 0. The molecule has 32 heavy (non-hydrogen) atoms. The second kappa shape index (κ2) is 10.1. The quantitative estimate of drug-likeness (QED) is 0.509. The average molecular weight is 437 g/mol.